The monoisotopic (exact) mass is 239 g/mol. The lowest BCUT2D eigenvalue weighted by molar-refractivity contribution is -0.847. The van der Waals surface area contributed by atoms with Crippen molar-refractivity contribution >= 4 is 5.91 Å². The molecule has 0 saturated heterocycles. The number of amides is 1. The van der Waals surface area contributed by atoms with Crippen LogP contribution in [0.2, 0.25) is 0 Å². The zero-order valence-corrected chi connectivity index (χ0v) is 11.4. The fourth-order valence-electron chi connectivity index (χ4n) is 1.82. The molecule has 0 aliphatic carbocycles. The van der Waals surface area contributed by atoms with Gasteiger partial charge in [-0.25, -0.2) is 0 Å². The molecule has 0 atom stereocenters. The minimum atomic E-state index is 0.0554. The van der Waals surface area contributed by atoms with E-state index in [1.165, 1.54) is 0 Å². The highest BCUT2D eigenvalue weighted by Crippen LogP contribution is 2.25. The fraction of sp³-hybridized carbons (Fsp3) is 0.615. The van der Waals surface area contributed by atoms with Crippen LogP contribution in [-0.4, -0.2) is 37.6 Å². The molecule has 0 aromatic rings. The van der Waals surface area contributed by atoms with Gasteiger partial charge < -0.3 is 10.1 Å². The lowest BCUT2D eigenvalue weighted by Crippen LogP contribution is -2.37. The predicted octanol–water partition coefficient (Wildman–Crippen LogP) is 1.75. The minimum Gasteiger partial charge on any atom is -0.421 e. The number of nitrogens with one attached hydrogen (secondary N) is 1. The van der Waals surface area contributed by atoms with Crippen LogP contribution in [0.3, 0.4) is 0 Å². The fourth-order valence-corrected chi connectivity index (χ4v) is 1.82. The Morgan fingerprint density at radius 3 is 2.65 bits per heavy atom. The molecule has 0 saturated carbocycles. The average Bonchev–Trinajstić information content (AvgIpc) is 2.15. The van der Waals surface area contributed by atoms with Crippen molar-refractivity contribution in [2.24, 2.45) is 0 Å². The van der Waals surface area contributed by atoms with Gasteiger partial charge in [0.25, 0.3) is 5.88 Å². The third-order valence-corrected chi connectivity index (χ3v) is 2.38. The quantitative estimate of drug-likeness (QED) is 0.759. The Kier molecular flexibility index (Phi) is 4.34. The van der Waals surface area contributed by atoms with Crippen molar-refractivity contribution in [2.45, 2.75) is 32.7 Å². The van der Waals surface area contributed by atoms with Gasteiger partial charge >= 0.3 is 0 Å². The predicted molar refractivity (Wildman–Crippen MR) is 67.8 cm³/mol. The largest absolute Gasteiger partial charge is 0.421 e. The number of carbonyl (C=O) groups excluding carboxylic acids is 1. The van der Waals surface area contributed by atoms with Crippen LogP contribution in [-0.2, 0) is 9.53 Å². The van der Waals surface area contributed by atoms with Crippen LogP contribution in [0, 0.1) is 0 Å². The molecule has 4 nitrogen and oxygen atoms in total. The average molecular weight is 239 g/mol. The highest BCUT2D eigenvalue weighted by atomic mass is 16.5. The molecule has 1 N–H and O–H groups in total. The first-order valence-corrected chi connectivity index (χ1v) is 5.95. The van der Waals surface area contributed by atoms with E-state index in [4.69, 9.17) is 4.74 Å². The second-order valence-corrected chi connectivity index (χ2v) is 5.51. The van der Waals surface area contributed by atoms with Gasteiger partial charge in [0.15, 0.2) is 0 Å². The van der Waals surface area contributed by atoms with Gasteiger partial charge in [-0.2, -0.15) is 0 Å². The summed E-state index contributed by atoms with van der Waals surface area (Å²) in [7, 11) is 6.11. The van der Waals surface area contributed by atoms with Crippen molar-refractivity contribution in [3.63, 3.8) is 0 Å². The first-order chi connectivity index (χ1) is 7.80. The maximum absolute atomic E-state index is 11.8. The molecular weight excluding hydrogens is 216 g/mol. The molecule has 0 aromatic heterocycles. The van der Waals surface area contributed by atoms with E-state index in [1.807, 2.05) is 41.1 Å². The molecule has 1 aliphatic rings. The van der Waals surface area contributed by atoms with E-state index in [-0.39, 0.29) is 11.9 Å². The van der Waals surface area contributed by atoms with Crippen LogP contribution < -0.4 is 5.32 Å². The zero-order chi connectivity index (χ0) is 13.1. The van der Waals surface area contributed by atoms with E-state index in [1.54, 1.807) is 6.26 Å². The summed E-state index contributed by atoms with van der Waals surface area (Å²) in [4.78, 5) is 11.8. The van der Waals surface area contributed by atoms with Crippen molar-refractivity contribution < 1.29 is 14.0 Å². The van der Waals surface area contributed by atoms with E-state index in [9.17, 15) is 4.79 Å². The van der Waals surface area contributed by atoms with Crippen LogP contribution in [0.5, 0.6) is 0 Å². The highest BCUT2D eigenvalue weighted by Gasteiger charge is 2.26. The normalized spacial score (nSPS) is 16.1. The maximum Gasteiger partial charge on any atom is 0.295 e. The number of ether oxygens (including phenoxy) is 1. The van der Waals surface area contributed by atoms with Gasteiger partial charge in [0.1, 0.15) is 0 Å². The lowest BCUT2D eigenvalue weighted by Gasteiger charge is -2.28. The van der Waals surface area contributed by atoms with Crippen molar-refractivity contribution in [3.8, 4) is 0 Å². The molecule has 4 heteroatoms. The smallest absolute Gasteiger partial charge is 0.295 e. The molecule has 0 bridgehead atoms. The number of allylic oxidation sites excluding steroid dienone is 1. The SMILES string of the molecule is CC(C)NC(=O)CC1=C([N+](C)(C)C)OC=CC1. The van der Waals surface area contributed by atoms with Gasteiger partial charge in [-0.05, 0) is 26.3 Å². The van der Waals surface area contributed by atoms with Crippen LogP contribution in [0.25, 0.3) is 0 Å². The summed E-state index contributed by atoms with van der Waals surface area (Å²) < 4.78 is 6.14. The summed E-state index contributed by atoms with van der Waals surface area (Å²) in [6, 6.07) is 0.177. The molecule has 0 aromatic carbocycles. The molecule has 1 rings (SSSR count). The lowest BCUT2D eigenvalue weighted by atomic mass is 10.1. The summed E-state index contributed by atoms with van der Waals surface area (Å²) in [6.07, 6.45) is 4.84. The summed E-state index contributed by atoms with van der Waals surface area (Å²) in [6.45, 7) is 3.93. The zero-order valence-electron chi connectivity index (χ0n) is 11.4. The standard InChI is InChI=1S/C13H22N2O2/c1-10(2)14-12(16)9-11-7-6-8-17-13(11)15(3,4)5/h6,8,10H,7,9H2,1-5H3/p+1. The van der Waals surface area contributed by atoms with Crippen LogP contribution in [0.4, 0.5) is 0 Å². The molecule has 96 valence electrons. The Morgan fingerprint density at radius 2 is 2.12 bits per heavy atom. The molecule has 0 spiro atoms. The number of nitrogens with zero attached hydrogens (tertiary/aromatic N) is 1. The molecule has 0 unspecified atom stereocenters. The third-order valence-electron chi connectivity index (χ3n) is 2.38. The van der Waals surface area contributed by atoms with E-state index in [2.05, 4.69) is 5.32 Å². The van der Waals surface area contributed by atoms with Crippen molar-refractivity contribution in [1.29, 1.82) is 0 Å². The minimum absolute atomic E-state index is 0.0554. The van der Waals surface area contributed by atoms with Gasteiger partial charge in [0.05, 0.1) is 33.8 Å². The number of carbonyl (C=O) groups is 1. The van der Waals surface area contributed by atoms with E-state index >= 15 is 0 Å². The van der Waals surface area contributed by atoms with Gasteiger partial charge in [-0.15, -0.1) is 0 Å². The second-order valence-electron chi connectivity index (χ2n) is 5.51. The maximum atomic E-state index is 11.8. The van der Waals surface area contributed by atoms with Gasteiger partial charge in [-0.1, -0.05) is 0 Å². The Bertz CT molecular complexity index is 349. The van der Waals surface area contributed by atoms with Crippen LogP contribution in [0.15, 0.2) is 23.8 Å². The molecular formula is C13H23N2O2+. The van der Waals surface area contributed by atoms with E-state index in [0.717, 1.165) is 17.9 Å². The van der Waals surface area contributed by atoms with Crippen molar-refractivity contribution in [3.05, 3.63) is 23.8 Å². The third kappa shape index (κ3) is 4.23. The van der Waals surface area contributed by atoms with Gasteiger partial charge in [0, 0.05) is 11.6 Å². The Hall–Kier alpha value is -1.29. The van der Waals surface area contributed by atoms with Crippen LogP contribution in [0.1, 0.15) is 26.7 Å². The second kappa shape index (κ2) is 5.36. The molecule has 0 radical (unpaired) electrons. The summed E-state index contributed by atoms with van der Waals surface area (Å²) in [5.74, 6) is 0.922. The summed E-state index contributed by atoms with van der Waals surface area (Å²) in [5.41, 5.74) is 1.05. The highest BCUT2D eigenvalue weighted by molar-refractivity contribution is 5.78. The van der Waals surface area contributed by atoms with E-state index in [0.29, 0.717) is 10.9 Å². The Morgan fingerprint density at radius 1 is 1.47 bits per heavy atom. The number of quaternary nitrogens is 1. The molecule has 17 heavy (non-hydrogen) atoms. The van der Waals surface area contributed by atoms with Gasteiger partial charge in [-0.3, -0.25) is 9.28 Å². The first-order valence-electron chi connectivity index (χ1n) is 5.95. The van der Waals surface area contributed by atoms with Crippen molar-refractivity contribution in [2.75, 3.05) is 21.1 Å². The van der Waals surface area contributed by atoms with Crippen molar-refractivity contribution in [1.82, 2.24) is 5.32 Å². The molecule has 1 aliphatic heterocycles. The number of hydrogen-bond donors (Lipinski definition) is 1. The molecule has 1 heterocycles. The van der Waals surface area contributed by atoms with Gasteiger partial charge in [0.2, 0.25) is 5.91 Å². The first kappa shape index (κ1) is 13.8. The number of hydrogen-bond acceptors (Lipinski definition) is 2. The Balaban J connectivity index is 2.78. The topological polar surface area (TPSA) is 38.3 Å². The molecule has 1 amide bonds. The summed E-state index contributed by atoms with van der Waals surface area (Å²) in [5, 5.41) is 2.90. The Labute approximate surface area is 104 Å². The molecule has 0 fully saturated rings. The van der Waals surface area contributed by atoms with E-state index < -0.39 is 0 Å². The van der Waals surface area contributed by atoms with Crippen LogP contribution >= 0.6 is 0 Å². The summed E-state index contributed by atoms with van der Waals surface area (Å²) >= 11 is 0. The number of rotatable bonds is 4.